The summed E-state index contributed by atoms with van der Waals surface area (Å²) in [5.74, 6) is 2.93. The maximum Gasteiger partial charge on any atom is 0.131 e. The Hall–Kier alpha value is -1.01. The Balaban J connectivity index is 2.66. The first-order valence-electron chi connectivity index (χ1n) is 6.01. The van der Waals surface area contributed by atoms with Gasteiger partial charge >= 0.3 is 0 Å². The fraction of sp³-hybridized carbons (Fsp3) is 0.667. The van der Waals surface area contributed by atoms with Crippen molar-refractivity contribution in [1.29, 1.82) is 0 Å². The molecular weight excluding hydrogens is 248 g/mol. The van der Waals surface area contributed by atoms with Crippen LogP contribution in [0.5, 0.6) is 0 Å². The molecule has 6 heteroatoms. The van der Waals surface area contributed by atoms with Crippen molar-refractivity contribution in [2.24, 2.45) is 0 Å². The molecule has 0 aliphatic heterocycles. The van der Waals surface area contributed by atoms with Crippen molar-refractivity contribution in [3.8, 4) is 0 Å². The Bertz CT molecular complexity index is 384. The molecular formula is C12H22N4OS. The van der Waals surface area contributed by atoms with E-state index in [-0.39, 0.29) is 0 Å². The normalized spacial score (nSPS) is 14.1. The second-order valence-corrected chi connectivity index (χ2v) is 5.37. The third-order valence-electron chi connectivity index (χ3n) is 2.30. The van der Waals surface area contributed by atoms with E-state index in [1.807, 2.05) is 33.1 Å². The van der Waals surface area contributed by atoms with Crippen LogP contribution in [0.4, 0.5) is 11.6 Å². The molecule has 0 spiro atoms. The van der Waals surface area contributed by atoms with Gasteiger partial charge in [0.25, 0.3) is 0 Å². The van der Waals surface area contributed by atoms with Crippen LogP contribution in [0.25, 0.3) is 0 Å². The molecule has 3 N–H and O–H groups in total. The third kappa shape index (κ3) is 5.10. The predicted molar refractivity (Wildman–Crippen MR) is 78.4 cm³/mol. The Morgan fingerprint density at radius 2 is 1.94 bits per heavy atom. The van der Waals surface area contributed by atoms with Crippen LogP contribution in [0.2, 0.25) is 0 Å². The van der Waals surface area contributed by atoms with E-state index in [0.717, 1.165) is 18.2 Å². The molecule has 18 heavy (non-hydrogen) atoms. The zero-order chi connectivity index (χ0) is 13.6. The zero-order valence-electron chi connectivity index (χ0n) is 11.4. The number of nitrogens with one attached hydrogen (secondary N) is 2. The lowest BCUT2D eigenvalue weighted by Crippen LogP contribution is -2.36. The smallest absolute Gasteiger partial charge is 0.131 e. The number of anilines is 2. The molecule has 0 amide bonds. The van der Waals surface area contributed by atoms with E-state index in [4.69, 9.17) is 0 Å². The summed E-state index contributed by atoms with van der Waals surface area (Å²) in [6.45, 7) is 6.98. The van der Waals surface area contributed by atoms with Gasteiger partial charge in [-0.1, -0.05) is 0 Å². The van der Waals surface area contributed by atoms with E-state index < -0.39 is 5.60 Å². The van der Waals surface area contributed by atoms with Crippen LogP contribution in [-0.2, 0) is 0 Å². The molecule has 1 aromatic rings. The van der Waals surface area contributed by atoms with Crippen molar-refractivity contribution in [1.82, 2.24) is 9.97 Å². The van der Waals surface area contributed by atoms with Gasteiger partial charge < -0.3 is 15.7 Å². The maximum absolute atomic E-state index is 10.1. The van der Waals surface area contributed by atoms with E-state index in [0.29, 0.717) is 18.1 Å². The van der Waals surface area contributed by atoms with Gasteiger partial charge in [-0.2, -0.15) is 11.8 Å². The average Bonchev–Trinajstić information content (AvgIpc) is 2.26. The Kier molecular flexibility index (Phi) is 5.68. The van der Waals surface area contributed by atoms with Crippen molar-refractivity contribution < 1.29 is 5.11 Å². The number of rotatable bonds is 7. The van der Waals surface area contributed by atoms with Gasteiger partial charge in [0.05, 0.1) is 5.60 Å². The van der Waals surface area contributed by atoms with Gasteiger partial charge in [0.2, 0.25) is 0 Å². The second-order valence-electron chi connectivity index (χ2n) is 4.50. The van der Waals surface area contributed by atoms with E-state index in [2.05, 4.69) is 20.6 Å². The van der Waals surface area contributed by atoms with Gasteiger partial charge in [-0.15, -0.1) is 0 Å². The molecule has 1 aromatic heterocycles. The Morgan fingerprint density at radius 1 is 1.33 bits per heavy atom. The number of hydrogen-bond donors (Lipinski definition) is 3. The van der Waals surface area contributed by atoms with E-state index >= 15 is 0 Å². The van der Waals surface area contributed by atoms with E-state index in [1.165, 1.54) is 0 Å². The first-order valence-corrected chi connectivity index (χ1v) is 7.41. The van der Waals surface area contributed by atoms with Crippen LogP contribution in [0.1, 0.15) is 19.7 Å². The molecule has 1 atom stereocenters. The van der Waals surface area contributed by atoms with Crippen molar-refractivity contribution in [3.63, 3.8) is 0 Å². The minimum Gasteiger partial charge on any atom is -0.387 e. The zero-order valence-corrected chi connectivity index (χ0v) is 12.3. The average molecular weight is 270 g/mol. The summed E-state index contributed by atoms with van der Waals surface area (Å²) in [5, 5.41) is 16.4. The van der Waals surface area contributed by atoms with Crippen LogP contribution < -0.4 is 10.6 Å². The third-order valence-corrected chi connectivity index (χ3v) is 3.21. The van der Waals surface area contributed by atoms with Gasteiger partial charge in [-0.05, 0) is 27.0 Å². The monoisotopic (exact) mass is 270 g/mol. The number of thioether (sulfide) groups is 1. The molecule has 1 heterocycles. The van der Waals surface area contributed by atoms with Gasteiger partial charge in [0.1, 0.15) is 17.5 Å². The molecule has 1 rings (SSSR count). The summed E-state index contributed by atoms with van der Waals surface area (Å²) < 4.78 is 0. The number of aromatic nitrogens is 2. The SMILES string of the molecule is CCNc1cc(NCC(C)(O)CSC)nc(C)n1. The second kappa shape index (κ2) is 6.80. The van der Waals surface area contributed by atoms with Crippen LogP contribution in [0.15, 0.2) is 6.07 Å². The number of nitrogens with zero attached hydrogens (tertiary/aromatic N) is 2. The summed E-state index contributed by atoms with van der Waals surface area (Å²) in [4.78, 5) is 8.57. The lowest BCUT2D eigenvalue weighted by atomic mass is 10.1. The molecule has 0 aliphatic rings. The Labute approximate surface area is 113 Å². The highest BCUT2D eigenvalue weighted by molar-refractivity contribution is 7.98. The first-order chi connectivity index (χ1) is 8.46. The van der Waals surface area contributed by atoms with E-state index in [1.54, 1.807) is 11.8 Å². The highest BCUT2D eigenvalue weighted by atomic mass is 32.2. The fourth-order valence-electron chi connectivity index (χ4n) is 1.57. The molecule has 0 saturated heterocycles. The molecule has 5 nitrogen and oxygen atoms in total. The van der Waals surface area contributed by atoms with Crippen LogP contribution >= 0.6 is 11.8 Å². The predicted octanol–water partition coefficient (Wildman–Crippen LogP) is 1.74. The number of hydrogen-bond acceptors (Lipinski definition) is 6. The molecule has 0 aromatic carbocycles. The lowest BCUT2D eigenvalue weighted by molar-refractivity contribution is 0.0996. The summed E-state index contributed by atoms with van der Waals surface area (Å²) in [6.07, 6.45) is 1.98. The standard InChI is InChI=1S/C12H22N4OS/c1-5-13-10-6-11(16-9(2)15-10)14-7-12(3,17)8-18-4/h6,17H,5,7-8H2,1-4H3,(H2,13,14,15,16). The van der Waals surface area contributed by atoms with Crippen molar-refractivity contribution in [2.45, 2.75) is 26.4 Å². The Morgan fingerprint density at radius 3 is 2.50 bits per heavy atom. The molecule has 0 bridgehead atoms. The maximum atomic E-state index is 10.1. The highest BCUT2D eigenvalue weighted by Crippen LogP contribution is 2.14. The summed E-state index contributed by atoms with van der Waals surface area (Å²) in [6, 6.07) is 1.85. The van der Waals surface area contributed by atoms with Gasteiger partial charge in [0.15, 0.2) is 0 Å². The van der Waals surface area contributed by atoms with Crippen molar-refractivity contribution in [3.05, 3.63) is 11.9 Å². The molecule has 102 valence electrons. The van der Waals surface area contributed by atoms with Gasteiger partial charge in [-0.3, -0.25) is 0 Å². The topological polar surface area (TPSA) is 70.1 Å². The summed E-state index contributed by atoms with van der Waals surface area (Å²) in [7, 11) is 0. The van der Waals surface area contributed by atoms with Crippen molar-refractivity contribution >= 4 is 23.4 Å². The van der Waals surface area contributed by atoms with E-state index in [9.17, 15) is 5.11 Å². The minimum atomic E-state index is -0.739. The number of aliphatic hydroxyl groups is 1. The van der Waals surface area contributed by atoms with Crippen LogP contribution in [0.3, 0.4) is 0 Å². The minimum absolute atomic E-state index is 0.468. The molecule has 0 radical (unpaired) electrons. The summed E-state index contributed by atoms with van der Waals surface area (Å²) >= 11 is 1.62. The lowest BCUT2D eigenvalue weighted by Gasteiger charge is -2.23. The highest BCUT2D eigenvalue weighted by Gasteiger charge is 2.19. The van der Waals surface area contributed by atoms with Crippen LogP contribution in [-0.4, -0.2) is 45.8 Å². The molecule has 0 fully saturated rings. The molecule has 1 unspecified atom stereocenters. The van der Waals surface area contributed by atoms with Gasteiger partial charge in [-0.25, -0.2) is 9.97 Å². The number of aryl methyl sites for hydroxylation is 1. The van der Waals surface area contributed by atoms with Crippen molar-refractivity contribution in [2.75, 3.05) is 35.7 Å². The summed E-state index contributed by atoms with van der Waals surface area (Å²) in [5.41, 5.74) is -0.739. The first kappa shape index (κ1) is 15.0. The van der Waals surface area contributed by atoms with Crippen LogP contribution in [0, 0.1) is 6.92 Å². The molecule has 0 aliphatic carbocycles. The quantitative estimate of drug-likeness (QED) is 0.701. The largest absolute Gasteiger partial charge is 0.387 e. The molecule has 0 saturated carbocycles. The fourth-order valence-corrected chi connectivity index (χ4v) is 2.30. The van der Waals surface area contributed by atoms with Gasteiger partial charge in [0, 0.05) is 24.9 Å².